The first-order chi connectivity index (χ1) is 15.6. The van der Waals surface area contributed by atoms with Crippen LogP contribution in [0, 0.1) is 0 Å². The summed E-state index contributed by atoms with van der Waals surface area (Å²) in [6, 6.07) is 14.6. The maximum atomic E-state index is 11.3. The van der Waals surface area contributed by atoms with E-state index in [2.05, 4.69) is 21.9 Å². The number of hydrogen-bond acceptors (Lipinski definition) is 6. The number of esters is 1. The van der Waals surface area contributed by atoms with Gasteiger partial charge in [0.05, 0.1) is 18.0 Å². The SMILES string of the molecule is CCCCOc1ccc(N=Nc2ccc(OC(CCCCC=[N+]=[N-])OC(C)=O)cc2)cc1. The van der Waals surface area contributed by atoms with E-state index < -0.39 is 12.3 Å². The second kappa shape index (κ2) is 14.5. The molecule has 0 aliphatic heterocycles. The van der Waals surface area contributed by atoms with E-state index in [4.69, 9.17) is 19.7 Å². The Morgan fingerprint density at radius 2 is 1.62 bits per heavy atom. The van der Waals surface area contributed by atoms with Gasteiger partial charge < -0.3 is 19.7 Å². The Morgan fingerprint density at radius 1 is 1.00 bits per heavy atom. The lowest BCUT2D eigenvalue weighted by molar-refractivity contribution is -0.161. The Kier molecular flexibility index (Phi) is 11.2. The second-order valence-corrected chi connectivity index (χ2v) is 7.13. The number of hydrogen-bond donors (Lipinski definition) is 0. The molecule has 0 aromatic heterocycles. The molecular formula is C24H30N4O4. The van der Waals surface area contributed by atoms with E-state index in [0.717, 1.165) is 37.1 Å². The van der Waals surface area contributed by atoms with Crippen LogP contribution >= 0.6 is 0 Å². The third-order valence-corrected chi connectivity index (χ3v) is 4.39. The molecule has 0 aliphatic carbocycles. The summed E-state index contributed by atoms with van der Waals surface area (Å²) in [6.07, 6.45) is 5.64. The highest BCUT2D eigenvalue weighted by Gasteiger charge is 2.13. The van der Waals surface area contributed by atoms with E-state index in [1.54, 1.807) is 24.3 Å². The Balaban J connectivity index is 1.88. The number of rotatable bonds is 14. The van der Waals surface area contributed by atoms with Crippen LogP contribution in [0.1, 0.15) is 52.4 Å². The molecule has 1 atom stereocenters. The number of nitrogens with zero attached hydrogens (tertiary/aromatic N) is 4. The number of carbonyl (C=O) groups is 1. The number of azo groups is 1. The highest BCUT2D eigenvalue weighted by Crippen LogP contribution is 2.24. The van der Waals surface area contributed by atoms with Crippen molar-refractivity contribution >= 4 is 23.6 Å². The molecule has 8 heteroatoms. The summed E-state index contributed by atoms with van der Waals surface area (Å²) in [6.45, 7) is 4.19. The quantitative estimate of drug-likeness (QED) is 0.0848. The zero-order chi connectivity index (χ0) is 23.0. The molecule has 2 aromatic carbocycles. The van der Waals surface area contributed by atoms with Crippen molar-refractivity contribution in [2.75, 3.05) is 6.61 Å². The van der Waals surface area contributed by atoms with Gasteiger partial charge in [0.1, 0.15) is 11.5 Å². The van der Waals surface area contributed by atoms with Crippen LogP contribution in [0.4, 0.5) is 11.4 Å². The fraction of sp³-hybridized carbons (Fsp3) is 0.417. The van der Waals surface area contributed by atoms with Crippen LogP contribution < -0.4 is 9.47 Å². The molecule has 0 fully saturated rings. The van der Waals surface area contributed by atoms with E-state index in [0.29, 0.717) is 30.9 Å². The zero-order valence-corrected chi connectivity index (χ0v) is 18.6. The Labute approximate surface area is 188 Å². The molecule has 0 N–H and O–H groups in total. The van der Waals surface area contributed by atoms with Gasteiger partial charge in [-0.1, -0.05) is 13.3 Å². The van der Waals surface area contributed by atoms with Crippen molar-refractivity contribution in [3.63, 3.8) is 0 Å². The van der Waals surface area contributed by atoms with Crippen LogP contribution in [0.5, 0.6) is 11.5 Å². The minimum Gasteiger partial charge on any atom is -0.494 e. The van der Waals surface area contributed by atoms with Gasteiger partial charge in [-0.2, -0.15) is 15.0 Å². The summed E-state index contributed by atoms with van der Waals surface area (Å²) < 4.78 is 16.7. The topological polar surface area (TPSA) is 106 Å². The standard InChI is InChI=1S/C24H30N4O4/c1-3-4-18-30-22-13-9-20(10-14-22)27-28-21-11-15-23(16-12-21)32-24(31-19(2)29)8-6-5-7-17-26-25/h9-17,24H,3-8,18H2,1-2H3. The smallest absolute Gasteiger partial charge is 0.305 e. The fourth-order valence-corrected chi connectivity index (χ4v) is 2.73. The predicted octanol–water partition coefficient (Wildman–Crippen LogP) is 6.41. The first-order valence-electron chi connectivity index (χ1n) is 10.8. The lowest BCUT2D eigenvalue weighted by atomic mass is 10.2. The van der Waals surface area contributed by atoms with Gasteiger partial charge in [0.25, 0.3) is 6.21 Å². The molecule has 8 nitrogen and oxygen atoms in total. The van der Waals surface area contributed by atoms with Gasteiger partial charge in [0.15, 0.2) is 0 Å². The molecule has 32 heavy (non-hydrogen) atoms. The molecule has 0 radical (unpaired) electrons. The predicted molar refractivity (Wildman–Crippen MR) is 122 cm³/mol. The Bertz CT molecular complexity index is 891. The van der Waals surface area contributed by atoms with Gasteiger partial charge in [-0.05, 0) is 67.8 Å². The van der Waals surface area contributed by atoms with Gasteiger partial charge in [-0.3, -0.25) is 4.79 Å². The summed E-state index contributed by atoms with van der Waals surface area (Å²) >= 11 is 0. The maximum absolute atomic E-state index is 11.3. The summed E-state index contributed by atoms with van der Waals surface area (Å²) in [5.41, 5.74) is 9.82. The first-order valence-corrected chi connectivity index (χ1v) is 10.8. The van der Waals surface area contributed by atoms with Crippen molar-refractivity contribution < 1.29 is 23.8 Å². The van der Waals surface area contributed by atoms with Crippen molar-refractivity contribution in [2.45, 2.75) is 58.7 Å². The molecular weight excluding hydrogens is 408 g/mol. The van der Waals surface area contributed by atoms with E-state index in [1.807, 2.05) is 24.3 Å². The average Bonchev–Trinajstić information content (AvgIpc) is 2.79. The summed E-state index contributed by atoms with van der Waals surface area (Å²) in [5.74, 6) is 0.989. The molecule has 170 valence electrons. The third-order valence-electron chi connectivity index (χ3n) is 4.39. The Morgan fingerprint density at radius 3 is 2.19 bits per heavy atom. The largest absolute Gasteiger partial charge is 0.494 e. The first kappa shape index (κ1) is 24.8. The van der Waals surface area contributed by atoms with Crippen LogP contribution in [0.2, 0.25) is 0 Å². The number of benzene rings is 2. The molecule has 0 spiro atoms. The molecule has 0 amide bonds. The van der Waals surface area contributed by atoms with Gasteiger partial charge in [-0.15, -0.1) is 0 Å². The highest BCUT2D eigenvalue weighted by molar-refractivity contribution is 5.66. The molecule has 2 aromatic rings. The fourth-order valence-electron chi connectivity index (χ4n) is 2.73. The third kappa shape index (κ3) is 10.00. The van der Waals surface area contributed by atoms with Gasteiger partial charge >= 0.3 is 5.97 Å². The van der Waals surface area contributed by atoms with E-state index in [9.17, 15) is 4.79 Å². The molecule has 1 unspecified atom stereocenters. The minimum atomic E-state index is -0.677. The van der Waals surface area contributed by atoms with Crippen LogP contribution in [-0.4, -0.2) is 29.9 Å². The summed E-state index contributed by atoms with van der Waals surface area (Å²) in [5, 5.41) is 8.48. The molecule has 0 bridgehead atoms. The summed E-state index contributed by atoms with van der Waals surface area (Å²) in [4.78, 5) is 14.3. The van der Waals surface area contributed by atoms with Crippen molar-refractivity contribution in [1.29, 1.82) is 0 Å². The van der Waals surface area contributed by atoms with Crippen LogP contribution in [-0.2, 0) is 9.53 Å². The lowest BCUT2D eigenvalue weighted by Crippen LogP contribution is -2.23. The highest BCUT2D eigenvalue weighted by atomic mass is 16.7. The van der Waals surface area contributed by atoms with Crippen LogP contribution in [0.15, 0.2) is 58.8 Å². The minimum absolute atomic E-state index is 0.404. The van der Waals surface area contributed by atoms with Crippen molar-refractivity contribution in [3.8, 4) is 11.5 Å². The number of carbonyl (C=O) groups excluding carboxylic acids is 1. The molecule has 0 saturated carbocycles. The number of unbranched alkanes of at least 4 members (excludes halogenated alkanes) is 3. The summed E-state index contributed by atoms with van der Waals surface area (Å²) in [7, 11) is 0. The van der Waals surface area contributed by atoms with E-state index >= 15 is 0 Å². The van der Waals surface area contributed by atoms with E-state index in [1.165, 1.54) is 13.1 Å². The van der Waals surface area contributed by atoms with Gasteiger partial charge in [0.2, 0.25) is 6.29 Å². The van der Waals surface area contributed by atoms with E-state index in [-0.39, 0.29) is 0 Å². The zero-order valence-electron chi connectivity index (χ0n) is 18.6. The van der Waals surface area contributed by atoms with Crippen molar-refractivity contribution in [1.82, 2.24) is 0 Å². The second-order valence-electron chi connectivity index (χ2n) is 7.13. The monoisotopic (exact) mass is 438 g/mol. The normalized spacial score (nSPS) is 11.6. The van der Waals surface area contributed by atoms with Gasteiger partial charge in [-0.25, -0.2) is 0 Å². The average molecular weight is 439 g/mol. The molecule has 0 heterocycles. The van der Waals surface area contributed by atoms with Gasteiger partial charge in [0, 0.05) is 19.8 Å². The van der Waals surface area contributed by atoms with Crippen molar-refractivity contribution in [3.05, 3.63) is 54.1 Å². The van der Waals surface area contributed by atoms with Crippen molar-refractivity contribution in [2.24, 2.45) is 10.2 Å². The maximum Gasteiger partial charge on any atom is 0.305 e. The molecule has 0 saturated heterocycles. The molecule has 2 rings (SSSR count). The Hall–Kier alpha value is -3.51. The lowest BCUT2D eigenvalue weighted by Gasteiger charge is -2.18. The van der Waals surface area contributed by atoms with Crippen LogP contribution in [0.3, 0.4) is 0 Å². The molecule has 0 aliphatic rings. The number of ether oxygens (including phenoxy) is 3. The van der Waals surface area contributed by atoms with Crippen LogP contribution in [0.25, 0.3) is 5.53 Å².